The Morgan fingerprint density at radius 3 is 2.47 bits per heavy atom. The van der Waals surface area contributed by atoms with Crippen LogP contribution in [0.15, 0.2) is 12.1 Å². The fourth-order valence-corrected chi connectivity index (χ4v) is 4.92. The third kappa shape index (κ3) is 1.26. The maximum atomic E-state index is 14.0. The predicted octanol–water partition coefficient (Wildman–Crippen LogP) is 4.84. The summed E-state index contributed by atoms with van der Waals surface area (Å²) in [6.07, 6.45) is 0. The summed E-state index contributed by atoms with van der Waals surface area (Å²) in [5.41, 5.74) is 0.390. The highest BCUT2D eigenvalue weighted by Gasteiger charge is 2.47. The molecule has 0 atom stereocenters. The molecule has 15 heavy (non-hydrogen) atoms. The van der Waals surface area contributed by atoms with E-state index < -0.39 is 5.92 Å². The summed E-state index contributed by atoms with van der Waals surface area (Å²) in [4.78, 5) is 2.48. The number of hydrogen-bond acceptors (Lipinski definition) is 2. The van der Waals surface area contributed by atoms with Crippen molar-refractivity contribution < 1.29 is 8.78 Å². The second kappa shape index (κ2) is 3.01. The van der Waals surface area contributed by atoms with Crippen LogP contribution >= 0.6 is 45.3 Å². The van der Waals surface area contributed by atoms with Crippen LogP contribution in [0.3, 0.4) is 0 Å². The molecule has 2 aromatic rings. The Bertz CT molecular complexity index is 506. The number of rotatable bonds is 0. The molecule has 0 nitrogen and oxygen atoms in total. The van der Waals surface area contributed by atoms with Crippen LogP contribution in [-0.2, 0) is 5.92 Å². The molecule has 5 heteroatoms. The van der Waals surface area contributed by atoms with Gasteiger partial charge in [0.1, 0.15) is 0 Å². The van der Waals surface area contributed by atoms with Gasteiger partial charge in [-0.05, 0) is 41.6 Å². The molecule has 2 heterocycles. The van der Waals surface area contributed by atoms with Gasteiger partial charge in [0.15, 0.2) is 0 Å². The van der Waals surface area contributed by atoms with Crippen LogP contribution in [0.5, 0.6) is 0 Å². The van der Waals surface area contributed by atoms with Gasteiger partial charge in [0.2, 0.25) is 0 Å². The molecule has 2 aromatic heterocycles. The van der Waals surface area contributed by atoms with E-state index in [1.54, 1.807) is 12.1 Å². The quantitative estimate of drug-likeness (QED) is 0.594. The Labute approximate surface area is 107 Å². The van der Waals surface area contributed by atoms with E-state index in [4.69, 9.17) is 0 Å². The molecule has 1 aliphatic carbocycles. The van der Waals surface area contributed by atoms with Crippen molar-refractivity contribution in [1.29, 1.82) is 0 Å². The van der Waals surface area contributed by atoms with E-state index in [1.165, 1.54) is 22.7 Å². The zero-order chi connectivity index (χ0) is 10.8. The van der Waals surface area contributed by atoms with Gasteiger partial charge in [-0.3, -0.25) is 0 Å². The lowest BCUT2D eigenvalue weighted by atomic mass is 10.1. The second-order valence-corrected chi connectivity index (χ2v) is 7.67. The minimum Gasteiger partial charge on any atom is -0.196 e. The van der Waals surface area contributed by atoms with E-state index >= 15 is 0 Å². The summed E-state index contributed by atoms with van der Waals surface area (Å²) < 4.78 is 28.9. The van der Waals surface area contributed by atoms with Crippen LogP contribution in [0.2, 0.25) is 0 Å². The summed E-state index contributed by atoms with van der Waals surface area (Å²) >= 11 is 5.01. The van der Waals surface area contributed by atoms with Gasteiger partial charge < -0.3 is 0 Å². The van der Waals surface area contributed by atoms with Crippen molar-refractivity contribution in [1.82, 2.24) is 0 Å². The van der Waals surface area contributed by atoms with Gasteiger partial charge in [0.25, 0.3) is 0 Å². The van der Waals surface area contributed by atoms with Gasteiger partial charge in [-0.1, -0.05) is 0 Å². The third-order valence-corrected chi connectivity index (χ3v) is 5.55. The Morgan fingerprint density at radius 2 is 1.73 bits per heavy atom. The first-order valence-electron chi connectivity index (χ1n) is 4.29. The monoisotopic (exact) mass is 354 g/mol. The summed E-state index contributed by atoms with van der Waals surface area (Å²) in [6.45, 7) is 1.87. The van der Waals surface area contributed by atoms with Crippen LogP contribution in [0, 0.1) is 9.81 Å². The molecule has 0 aromatic carbocycles. The summed E-state index contributed by atoms with van der Waals surface area (Å²) in [5, 5.41) is 0. The number of alkyl halides is 2. The van der Waals surface area contributed by atoms with E-state index in [2.05, 4.69) is 22.6 Å². The number of aryl methyl sites for hydroxylation is 1. The molecule has 0 bridgehead atoms. The number of fused-ring (bicyclic) bond motifs is 3. The highest BCUT2D eigenvalue weighted by Crippen LogP contribution is 2.57. The first kappa shape index (κ1) is 10.2. The first-order chi connectivity index (χ1) is 7.00. The SMILES string of the molecule is Cc1cc2c(s1)-c1sc(I)cc1C2(F)F. The largest absolute Gasteiger partial charge is 0.301 e. The maximum Gasteiger partial charge on any atom is 0.301 e. The molecule has 0 amide bonds. The van der Waals surface area contributed by atoms with Gasteiger partial charge in [-0.15, -0.1) is 22.7 Å². The van der Waals surface area contributed by atoms with E-state index in [0.29, 0.717) is 0 Å². The highest BCUT2D eigenvalue weighted by molar-refractivity contribution is 14.1. The van der Waals surface area contributed by atoms with Crippen molar-refractivity contribution in [3.05, 3.63) is 31.0 Å². The van der Waals surface area contributed by atoms with Crippen LogP contribution in [0.4, 0.5) is 8.78 Å². The number of thiophene rings is 2. The average molecular weight is 354 g/mol. The Balaban J connectivity index is 2.38. The van der Waals surface area contributed by atoms with Crippen LogP contribution < -0.4 is 0 Å². The molecule has 0 saturated carbocycles. The molecular weight excluding hydrogens is 349 g/mol. The van der Waals surface area contributed by atoms with Crippen LogP contribution in [-0.4, -0.2) is 0 Å². The molecule has 0 saturated heterocycles. The normalized spacial score (nSPS) is 16.5. The van der Waals surface area contributed by atoms with Gasteiger partial charge >= 0.3 is 5.92 Å². The van der Waals surface area contributed by atoms with Gasteiger partial charge in [0, 0.05) is 16.0 Å². The van der Waals surface area contributed by atoms with Crippen molar-refractivity contribution in [2.24, 2.45) is 0 Å². The summed E-state index contributed by atoms with van der Waals surface area (Å²) in [7, 11) is 0. The second-order valence-electron chi connectivity index (χ2n) is 3.47. The van der Waals surface area contributed by atoms with Crippen molar-refractivity contribution in [2.75, 3.05) is 0 Å². The number of halogens is 3. The average Bonchev–Trinajstić information content (AvgIpc) is 2.72. The highest BCUT2D eigenvalue weighted by atomic mass is 127. The molecule has 78 valence electrons. The summed E-state index contributed by atoms with van der Waals surface area (Å²) in [6, 6.07) is 3.21. The van der Waals surface area contributed by atoms with Gasteiger partial charge in [-0.2, -0.15) is 8.78 Å². The van der Waals surface area contributed by atoms with Crippen molar-refractivity contribution in [3.8, 4) is 9.75 Å². The molecule has 0 radical (unpaired) electrons. The molecule has 0 fully saturated rings. The van der Waals surface area contributed by atoms with E-state index in [9.17, 15) is 8.78 Å². The standard InChI is InChI=1S/C10H5F2IS2/c1-4-2-5-8(14-4)9-6(10(5,11)12)3-7(13)15-9/h2-3H,1H3. The first-order valence-corrected chi connectivity index (χ1v) is 7.00. The Kier molecular flexibility index (Phi) is 2.04. The zero-order valence-electron chi connectivity index (χ0n) is 7.61. The fraction of sp³-hybridized carbons (Fsp3) is 0.200. The maximum absolute atomic E-state index is 14.0. The van der Waals surface area contributed by atoms with Crippen LogP contribution in [0.1, 0.15) is 16.0 Å². The van der Waals surface area contributed by atoms with Gasteiger partial charge in [0.05, 0.1) is 12.6 Å². The number of hydrogen-bond donors (Lipinski definition) is 0. The van der Waals surface area contributed by atoms with Crippen LogP contribution in [0.25, 0.3) is 9.75 Å². The smallest absolute Gasteiger partial charge is 0.196 e. The minimum absolute atomic E-state index is 0.193. The predicted molar refractivity (Wildman–Crippen MR) is 68.1 cm³/mol. The molecule has 0 aliphatic heterocycles. The Morgan fingerprint density at radius 1 is 1.13 bits per heavy atom. The molecule has 0 spiro atoms. The summed E-state index contributed by atoms with van der Waals surface area (Å²) in [5.74, 6) is -2.78. The molecule has 0 unspecified atom stereocenters. The minimum atomic E-state index is -2.78. The van der Waals surface area contributed by atoms with E-state index in [1.807, 2.05) is 6.92 Å². The topological polar surface area (TPSA) is 0 Å². The van der Waals surface area contributed by atoms with E-state index in [-0.39, 0.29) is 11.1 Å². The lowest BCUT2D eigenvalue weighted by Gasteiger charge is -2.08. The van der Waals surface area contributed by atoms with Gasteiger partial charge in [-0.25, -0.2) is 0 Å². The third-order valence-electron chi connectivity index (χ3n) is 2.44. The molecule has 3 rings (SSSR count). The fourth-order valence-electron chi connectivity index (χ4n) is 1.82. The zero-order valence-corrected chi connectivity index (χ0v) is 11.4. The van der Waals surface area contributed by atoms with E-state index in [0.717, 1.165) is 17.5 Å². The lowest BCUT2D eigenvalue weighted by Crippen LogP contribution is -2.09. The molecule has 0 N–H and O–H groups in total. The van der Waals surface area contributed by atoms with Crippen molar-refractivity contribution in [3.63, 3.8) is 0 Å². The molecule has 1 aliphatic rings. The molecular formula is C10H5F2IS2. The van der Waals surface area contributed by atoms with Crippen molar-refractivity contribution >= 4 is 45.3 Å². The lowest BCUT2D eigenvalue weighted by molar-refractivity contribution is 0.0484. The Hall–Kier alpha value is -0.0100. The van der Waals surface area contributed by atoms with Crippen molar-refractivity contribution in [2.45, 2.75) is 12.8 Å².